The summed E-state index contributed by atoms with van der Waals surface area (Å²) in [6.07, 6.45) is 4.99. The van der Waals surface area contributed by atoms with Crippen LogP contribution in [0.2, 0.25) is 0 Å². The number of thioether (sulfide) groups is 1. The second-order valence-corrected chi connectivity index (χ2v) is 15.5. The molecule has 0 amide bonds. The summed E-state index contributed by atoms with van der Waals surface area (Å²) in [5.41, 5.74) is 2.97. The molecule has 258 valence electrons. The lowest BCUT2D eigenvalue weighted by Gasteiger charge is -2.31. The van der Waals surface area contributed by atoms with Crippen LogP contribution < -0.4 is 4.74 Å². The molecule has 2 N–H and O–H groups in total. The highest BCUT2D eigenvalue weighted by molar-refractivity contribution is 7.99. The number of H-pyrrole nitrogens is 1. The molecule has 5 aromatic rings. The summed E-state index contributed by atoms with van der Waals surface area (Å²) in [5, 5.41) is 15.5. The number of hydrogen-bond donors (Lipinski definition) is 2. The summed E-state index contributed by atoms with van der Waals surface area (Å²) in [7, 11) is 1.74. The van der Waals surface area contributed by atoms with E-state index in [0.29, 0.717) is 29.3 Å². The van der Waals surface area contributed by atoms with Crippen molar-refractivity contribution >= 4 is 28.6 Å². The Hall–Kier alpha value is -4.18. The number of nitrogens with one attached hydrogen (secondary N) is 1. The van der Waals surface area contributed by atoms with Crippen molar-refractivity contribution in [3.63, 3.8) is 0 Å². The molecule has 0 saturated carbocycles. The zero-order chi connectivity index (χ0) is 35.1. The van der Waals surface area contributed by atoms with Gasteiger partial charge in [0.25, 0.3) is 0 Å². The number of halogens is 2. The van der Waals surface area contributed by atoms with Crippen molar-refractivity contribution in [2.24, 2.45) is 18.4 Å². The molecule has 3 atom stereocenters. The number of rotatable bonds is 4. The van der Waals surface area contributed by atoms with E-state index in [2.05, 4.69) is 31.8 Å². The van der Waals surface area contributed by atoms with E-state index in [1.54, 1.807) is 30.9 Å². The molecular weight excluding hydrogens is 643 g/mol. The maximum atomic E-state index is 15.6. The number of fused-ring (bicyclic) bond motifs is 8. The minimum Gasteiger partial charge on any atom is -0.481 e. The van der Waals surface area contributed by atoms with Crippen LogP contribution >= 0.6 is 11.8 Å². The smallest absolute Gasteiger partial charge is 0.306 e. The molecule has 2 aromatic heterocycles. The molecule has 4 bridgehead atoms. The molecule has 3 heterocycles. The number of aliphatic carboxylic acids is 1. The standard InChI is InChI=1S/C39H44F2N4O3S/c1-23(24(2)36(46)47)25-9-7-10-26(19-25)39(5)16-8-15-38(3,4)22-49-18-14-29-28-13-17-42-33(28)21-32(41)34(29)48-27-11-12-31(40)30(20-27)35-43-37(39)44-45(35)6/h7,9-13,17,19-21,23-24,42H,8,14-16,18,22H2,1-6H3,(H,46,47). The van der Waals surface area contributed by atoms with Gasteiger partial charge in [0, 0.05) is 35.8 Å². The first kappa shape index (κ1) is 34.7. The van der Waals surface area contributed by atoms with Gasteiger partial charge in [-0.1, -0.05) is 58.4 Å². The van der Waals surface area contributed by atoms with Crippen molar-refractivity contribution < 1.29 is 23.4 Å². The van der Waals surface area contributed by atoms with Gasteiger partial charge in [0.15, 0.2) is 23.2 Å². The van der Waals surface area contributed by atoms with Gasteiger partial charge in [-0.3, -0.25) is 4.79 Å². The summed E-state index contributed by atoms with van der Waals surface area (Å²) in [4.78, 5) is 19.9. The number of ether oxygens (including phenoxy) is 1. The van der Waals surface area contributed by atoms with E-state index < -0.39 is 28.9 Å². The summed E-state index contributed by atoms with van der Waals surface area (Å²) >= 11 is 1.85. The van der Waals surface area contributed by atoms with E-state index in [0.717, 1.165) is 52.8 Å². The van der Waals surface area contributed by atoms with Crippen molar-refractivity contribution in [2.75, 3.05) is 11.5 Å². The topological polar surface area (TPSA) is 93.0 Å². The van der Waals surface area contributed by atoms with Crippen LogP contribution in [-0.4, -0.2) is 42.3 Å². The highest BCUT2D eigenvalue weighted by Crippen LogP contribution is 2.42. The first-order valence-electron chi connectivity index (χ1n) is 16.9. The Morgan fingerprint density at radius 2 is 1.86 bits per heavy atom. The van der Waals surface area contributed by atoms with Crippen LogP contribution in [0.15, 0.2) is 60.8 Å². The van der Waals surface area contributed by atoms with E-state index in [4.69, 9.17) is 14.8 Å². The van der Waals surface area contributed by atoms with Gasteiger partial charge in [-0.15, -0.1) is 0 Å². The normalized spacial score (nSPS) is 19.7. The maximum Gasteiger partial charge on any atom is 0.306 e. The molecule has 0 fully saturated rings. The van der Waals surface area contributed by atoms with Crippen LogP contribution in [0.5, 0.6) is 11.5 Å². The summed E-state index contributed by atoms with van der Waals surface area (Å²) in [6.45, 7) is 10.3. The van der Waals surface area contributed by atoms with Crippen LogP contribution in [0.25, 0.3) is 22.3 Å². The first-order valence-corrected chi connectivity index (χ1v) is 18.0. The lowest BCUT2D eigenvalue weighted by molar-refractivity contribution is -0.141. The Morgan fingerprint density at radius 3 is 2.63 bits per heavy atom. The molecule has 0 saturated heterocycles. The van der Waals surface area contributed by atoms with E-state index in [9.17, 15) is 9.90 Å². The van der Waals surface area contributed by atoms with E-state index >= 15 is 8.78 Å². The van der Waals surface area contributed by atoms with E-state index in [1.807, 2.05) is 43.0 Å². The number of carbonyl (C=O) groups is 1. The molecular formula is C39H44F2N4O3S. The maximum absolute atomic E-state index is 15.6. The second-order valence-electron chi connectivity index (χ2n) is 14.4. The summed E-state index contributed by atoms with van der Waals surface area (Å²) in [6, 6.07) is 15.8. The van der Waals surface area contributed by atoms with Gasteiger partial charge in [0.2, 0.25) is 0 Å². The van der Waals surface area contributed by atoms with Gasteiger partial charge >= 0.3 is 5.97 Å². The van der Waals surface area contributed by atoms with Crippen LogP contribution in [0, 0.1) is 23.0 Å². The fourth-order valence-corrected chi connectivity index (χ4v) is 8.05. The Bertz CT molecular complexity index is 2000. The molecule has 0 aliphatic carbocycles. The molecule has 3 unspecified atom stereocenters. The number of carboxylic acids is 1. The quantitative estimate of drug-likeness (QED) is 0.196. The number of aryl methyl sites for hydroxylation is 2. The average Bonchev–Trinajstić information content (AvgIpc) is 3.70. The molecule has 7 nitrogen and oxygen atoms in total. The van der Waals surface area contributed by atoms with Gasteiger partial charge in [0.1, 0.15) is 11.6 Å². The monoisotopic (exact) mass is 686 g/mol. The second kappa shape index (κ2) is 13.6. The highest BCUT2D eigenvalue weighted by atomic mass is 32.2. The SMILES string of the molecule is CC(C(=O)O)C(C)c1cccc(C2(C)CCCC(C)(C)CSCCc3c(c(F)cc4[nH]ccc34)Oc3ccc(F)c(c3)-c3nc2nn3C)c1. The summed E-state index contributed by atoms with van der Waals surface area (Å²) < 4.78 is 39.1. The highest BCUT2D eigenvalue weighted by Gasteiger charge is 2.36. The van der Waals surface area contributed by atoms with Gasteiger partial charge in [-0.05, 0) is 84.4 Å². The molecule has 0 radical (unpaired) electrons. The third kappa shape index (κ3) is 6.98. The average molecular weight is 687 g/mol. The third-order valence-corrected chi connectivity index (χ3v) is 11.7. The minimum absolute atomic E-state index is 0.0260. The predicted molar refractivity (Wildman–Crippen MR) is 191 cm³/mol. The van der Waals surface area contributed by atoms with E-state index in [1.165, 1.54) is 18.2 Å². The van der Waals surface area contributed by atoms with Gasteiger partial charge < -0.3 is 14.8 Å². The fourth-order valence-electron chi connectivity index (χ4n) is 6.86. The van der Waals surface area contributed by atoms with Crippen molar-refractivity contribution in [1.82, 2.24) is 19.7 Å². The first-order chi connectivity index (χ1) is 23.3. The van der Waals surface area contributed by atoms with Crippen LogP contribution in [0.3, 0.4) is 0 Å². The Kier molecular flexibility index (Phi) is 9.63. The Morgan fingerprint density at radius 1 is 1.06 bits per heavy atom. The number of benzene rings is 3. The minimum atomic E-state index is -0.839. The lowest BCUT2D eigenvalue weighted by Crippen LogP contribution is -2.27. The Balaban J connectivity index is 1.47. The third-order valence-electron chi connectivity index (χ3n) is 10.2. The van der Waals surface area contributed by atoms with Crippen LogP contribution in [-0.2, 0) is 23.7 Å². The van der Waals surface area contributed by atoms with Crippen molar-refractivity contribution in [1.29, 1.82) is 0 Å². The molecule has 0 spiro atoms. The number of hydrogen-bond acceptors (Lipinski definition) is 5. The van der Waals surface area contributed by atoms with Gasteiger partial charge in [-0.25, -0.2) is 18.4 Å². The van der Waals surface area contributed by atoms with Crippen LogP contribution in [0.4, 0.5) is 8.78 Å². The zero-order valence-electron chi connectivity index (χ0n) is 28.9. The molecule has 6 rings (SSSR count). The fraction of sp³-hybridized carbons (Fsp3) is 0.410. The number of aromatic amines is 1. The van der Waals surface area contributed by atoms with Gasteiger partial charge in [0.05, 0.1) is 16.9 Å². The lowest BCUT2D eigenvalue weighted by atomic mass is 9.74. The van der Waals surface area contributed by atoms with Crippen molar-refractivity contribution in [3.05, 3.63) is 94.9 Å². The molecule has 1 aliphatic rings. The Labute approximate surface area is 290 Å². The molecule has 3 aromatic carbocycles. The van der Waals surface area contributed by atoms with Gasteiger partial charge in [-0.2, -0.15) is 16.9 Å². The zero-order valence-corrected chi connectivity index (χ0v) is 29.8. The van der Waals surface area contributed by atoms with Crippen molar-refractivity contribution in [3.8, 4) is 22.9 Å². The summed E-state index contributed by atoms with van der Waals surface area (Å²) in [5.74, 6) is 0.443. The van der Waals surface area contributed by atoms with E-state index in [-0.39, 0.29) is 22.6 Å². The van der Waals surface area contributed by atoms with Crippen molar-refractivity contribution in [2.45, 2.75) is 71.6 Å². The molecule has 10 heteroatoms. The largest absolute Gasteiger partial charge is 0.481 e. The molecule has 1 aliphatic heterocycles. The number of aromatic nitrogens is 4. The number of nitrogens with zero attached hydrogens (tertiary/aromatic N) is 3. The van der Waals surface area contributed by atoms with Crippen LogP contribution in [0.1, 0.15) is 82.3 Å². The predicted octanol–water partition coefficient (Wildman–Crippen LogP) is 9.65. The number of carboxylic acid groups (broad SMARTS) is 1. The molecule has 49 heavy (non-hydrogen) atoms.